The molecular weight excluding hydrogens is 242 g/mol. The van der Waals surface area contributed by atoms with Gasteiger partial charge in [-0.2, -0.15) is 5.10 Å². The fourth-order valence-corrected chi connectivity index (χ4v) is 2.44. The molecule has 1 heterocycles. The molecule has 5 nitrogen and oxygen atoms in total. The molecule has 1 aromatic carbocycles. The standard InChI is InChI=1S/C14H17N3O2/c1-17-14(15-9-16-17)8-19-11-6-5-10-3-2-4-13(18)12(10)7-11/h5-7,9,13,18H,2-4,8H2,1H3. The molecule has 1 N–H and O–H groups in total. The minimum atomic E-state index is -0.359. The van der Waals surface area contributed by atoms with Crippen LogP contribution in [0.3, 0.4) is 0 Å². The first-order valence-electron chi connectivity index (χ1n) is 6.50. The third kappa shape index (κ3) is 2.46. The number of nitrogens with zero attached hydrogens (tertiary/aromatic N) is 3. The number of aromatic nitrogens is 3. The molecule has 100 valence electrons. The van der Waals surface area contributed by atoms with Crippen LogP contribution >= 0.6 is 0 Å². The zero-order valence-electron chi connectivity index (χ0n) is 10.9. The summed E-state index contributed by atoms with van der Waals surface area (Å²) in [7, 11) is 1.84. The molecule has 1 aliphatic carbocycles. The summed E-state index contributed by atoms with van der Waals surface area (Å²) in [6, 6.07) is 5.94. The highest BCUT2D eigenvalue weighted by Crippen LogP contribution is 2.32. The molecule has 5 heteroatoms. The second-order valence-electron chi connectivity index (χ2n) is 4.86. The lowest BCUT2D eigenvalue weighted by molar-refractivity contribution is 0.156. The summed E-state index contributed by atoms with van der Waals surface area (Å²) in [6.45, 7) is 0.380. The topological polar surface area (TPSA) is 60.2 Å². The molecule has 0 bridgehead atoms. The van der Waals surface area contributed by atoms with Crippen molar-refractivity contribution < 1.29 is 9.84 Å². The van der Waals surface area contributed by atoms with Gasteiger partial charge in [-0.15, -0.1) is 0 Å². The Morgan fingerprint density at radius 3 is 3.16 bits per heavy atom. The summed E-state index contributed by atoms with van der Waals surface area (Å²) in [5.41, 5.74) is 2.23. The predicted octanol–water partition coefficient (Wildman–Crippen LogP) is 1.76. The lowest BCUT2D eigenvalue weighted by Crippen LogP contribution is -2.10. The summed E-state index contributed by atoms with van der Waals surface area (Å²) < 4.78 is 7.40. The highest BCUT2D eigenvalue weighted by atomic mass is 16.5. The largest absolute Gasteiger partial charge is 0.486 e. The van der Waals surface area contributed by atoms with Crippen LogP contribution in [-0.4, -0.2) is 19.9 Å². The second-order valence-corrected chi connectivity index (χ2v) is 4.86. The molecule has 1 aromatic heterocycles. The average molecular weight is 259 g/mol. The Bertz CT molecular complexity index is 580. The van der Waals surface area contributed by atoms with Crippen LogP contribution in [0.5, 0.6) is 5.75 Å². The van der Waals surface area contributed by atoms with Crippen LogP contribution < -0.4 is 4.74 Å². The van der Waals surface area contributed by atoms with E-state index in [1.165, 1.54) is 11.9 Å². The van der Waals surface area contributed by atoms with Gasteiger partial charge in [-0.05, 0) is 42.5 Å². The zero-order valence-corrected chi connectivity index (χ0v) is 10.9. The fraction of sp³-hybridized carbons (Fsp3) is 0.429. The third-order valence-electron chi connectivity index (χ3n) is 3.57. The summed E-state index contributed by atoms with van der Waals surface area (Å²) in [6.07, 6.45) is 4.07. The first-order chi connectivity index (χ1) is 9.24. The SMILES string of the molecule is Cn1ncnc1COc1ccc2c(c1)C(O)CCC2. The number of benzene rings is 1. The van der Waals surface area contributed by atoms with Crippen molar-refractivity contribution in [3.63, 3.8) is 0 Å². The predicted molar refractivity (Wildman–Crippen MR) is 69.7 cm³/mol. The van der Waals surface area contributed by atoms with Crippen molar-refractivity contribution in [3.05, 3.63) is 41.5 Å². The lowest BCUT2D eigenvalue weighted by Gasteiger charge is -2.21. The van der Waals surface area contributed by atoms with Crippen LogP contribution in [0.4, 0.5) is 0 Å². The van der Waals surface area contributed by atoms with Gasteiger partial charge in [0.25, 0.3) is 0 Å². The molecule has 1 aliphatic rings. The van der Waals surface area contributed by atoms with Crippen molar-refractivity contribution in [2.24, 2.45) is 7.05 Å². The van der Waals surface area contributed by atoms with Gasteiger partial charge in [0.05, 0.1) is 6.10 Å². The molecule has 0 aliphatic heterocycles. The van der Waals surface area contributed by atoms with Gasteiger partial charge in [0.1, 0.15) is 18.7 Å². The smallest absolute Gasteiger partial charge is 0.164 e. The van der Waals surface area contributed by atoms with Crippen molar-refractivity contribution in [2.45, 2.75) is 32.0 Å². The van der Waals surface area contributed by atoms with E-state index in [9.17, 15) is 5.11 Å². The van der Waals surface area contributed by atoms with Gasteiger partial charge in [-0.25, -0.2) is 4.98 Å². The molecule has 0 saturated carbocycles. The molecule has 0 fully saturated rings. The number of fused-ring (bicyclic) bond motifs is 1. The zero-order chi connectivity index (χ0) is 13.2. The average Bonchev–Trinajstić information content (AvgIpc) is 2.83. The molecule has 0 saturated heterocycles. The highest BCUT2D eigenvalue weighted by molar-refractivity contribution is 5.38. The quantitative estimate of drug-likeness (QED) is 0.912. The number of hydrogen-bond acceptors (Lipinski definition) is 4. The van der Waals surface area contributed by atoms with Crippen molar-refractivity contribution in [1.29, 1.82) is 0 Å². The van der Waals surface area contributed by atoms with Gasteiger partial charge in [-0.1, -0.05) is 6.07 Å². The molecule has 0 radical (unpaired) electrons. The minimum Gasteiger partial charge on any atom is -0.486 e. The van der Waals surface area contributed by atoms with Crippen LogP contribution in [0.1, 0.15) is 35.9 Å². The monoisotopic (exact) mass is 259 g/mol. The van der Waals surface area contributed by atoms with E-state index in [0.29, 0.717) is 6.61 Å². The molecule has 3 rings (SSSR count). The first kappa shape index (κ1) is 12.2. The number of hydrogen-bond donors (Lipinski definition) is 1. The Kier molecular flexibility index (Phi) is 3.21. The normalized spacial score (nSPS) is 18.1. The van der Waals surface area contributed by atoms with Crippen LogP contribution in [0, 0.1) is 0 Å². The Morgan fingerprint density at radius 1 is 1.47 bits per heavy atom. The van der Waals surface area contributed by atoms with Gasteiger partial charge in [0, 0.05) is 7.05 Å². The number of aliphatic hydroxyl groups excluding tert-OH is 1. The molecule has 0 amide bonds. The van der Waals surface area contributed by atoms with Gasteiger partial charge >= 0.3 is 0 Å². The maximum Gasteiger partial charge on any atom is 0.164 e. The van der Waals surface area contributed by atoms with E-state index < -0.39 is 0 Å². The molecule has 2 aromatic rings. The molecule has 19 heavy (non-hydrogen) atoms. The molecule has 1 unspecified atom stereocenters. The maximum absolute atomic E-state index is 10.0. The van der Waals surface area contributed by atoms with E-state index in [1.54, 1.807) is 4.68 Å². The number of aryl methyl sites for hydroxylation is 2. The highest BCUT2D eigenvalue weighted by Gasteiger charge is 2.18. The lowest BCUT2D eigenvalue weighted by atomic mass is 9.89. The van der Waals surface area contributed by atoms with E-state index >= 15 is 0 Å². The van der Waals surface area contributed by atoms with Gasteiger partial charge in [0.15, 0.2) is 5.82 Å². The minimum absolute atomic E-state index is 0.359. The molecule has 0 spiro atoms. The number of rotatable bonds is 3. The summed E-state index contributed by atoms with van der Waals surface area (Å²) in [5.74, 6) is 1.54. The van der Waals surface area contributed by atoms with Crippen molar-refractivity contribution in [1.82, 2.24) is 14.8 Å². The summed E-state index contributed by atoms with van der Waals surface area (Å²) in [4.78, 5) is 4.11. The Morgan fingerprint density at radius 2 is 2.37 bits per heavy atom. The van der Waals surface area contributed by atoms with Crippen LogP contribution in [-0.2, 0) is 20.1 Å². The van der Waals surface area contributed by atoms with Crippen molar-refractivity contribution in [3.8, 4) is 5.75 Å². The molecule has 1 atom stereocenters. The summed E-state index contributed by atoms with van der Waals surface area (Å²) in [5, 5.41) is 14.0. The van der Waals surface area contributed by atoms with Crippen LogP contribution in [0.2, 0.25) is 0 Å². The Balaban J connectivity index is 1.75. The van der Waals surface area contributed by atoms with Crippen LogP contribution in [0.15, 0.2) is 24.5 Å². The number of aliphatic hydroxyl groups is 1. The van der Waals surface area contributed by atoms with E-state index in [0.717, 1.165) is 36.4 Å². The second kappa shape index (κ2) is 5.01. The third-order valence-corrected chi connectivity index (χ3v) is 3.57. The van der Waals surface area contributed by atoms with Crippen molar-refractivity contribution >= 4 is 0 Å². The Hall–Kier alpha value is -1.88. The van der Waals surface area contributed by atoms with Gasteiger partial charge in [-0.3, -0.25) is 4.68 Å². The van der Waals surface area contributed by atoms with Gasteiger partial charge in [0.2, 0.25) is 0 Å². The number of ether oxygens (including phenoxy) is 1. The van der Waals surface area contributed by atoms with E-state index in [1.807, 2.05) is 25.2 Å². The Labute approximate surface area is 111 Å². The van der Waals surface area contributed by atoms with Gasteiger partial charge < -0.3 is 9.84 Å². The maximum atomic E-state index is 10.0. The van der Waals surface area contributed by atoms with Crippen molar-refractivity contribution in [2.75, 3.05) is 0 Å². The molecular formula is C14H17N3O2. The van der Waals surface area contributed by atoms with E-state index in [4.69, 9.17) is 4.74 Å². The first-order valence-corrected chi connectivity index (χ1v) is 6.50. The van der Waals surface area contributed by atoms with E-state index in [2.05, 4.69) is 10.1 Å². The van der Waals surface area contributed by atoms with E-state index in [-0.39, 0.29) is 6.10 Å². The van der Waals surface area contributed by atoms with Crippen LogP contribution in [0.25, 0.3) is 0 Å². The fourth-order valence-electron chi connectivity index (χ4n) is 2.44. The summed E-state index contributed by atoms with van der Waals surface area (Å²) >= 11 is 0.